The van der Waals surface area contributed by atoms with Crippen LogP contribution in [0.25, 0.3) is 0 Å². The fourth-order valence-electron chi connectivity index (χ4n) is 8.10. The Balaban J connectivity index is 4.28. The number of esters is 2. The number of unbranched alkanes of at least 4 members (excludes halogenated alkanes) is 17. The maximum Gasteiger partial charge on any atom is 0.306 e. The monoisotopic (exact) mass is 1160 g/mol. The average molecular weight is 1160 g/mol. The standard InChI is InChI=1S/C72H118NO8P/c1-6-8-10-12-14-16-18-20-22-24-26-28-30-32-33-34-35-36-37-38-39-41-43-45-47-49-51-53-55-57-59-61-63-65-72(75)81-70(69-80-82(76,77)79-67-66-73(3,4)5)68-78-71(74)64-62-60-58-56-54-52-50-48-46-44-42-40-31-29-27-25-23-21-19-17-15-13-11-9-7-2/h8,10,14,16,19-22,25-28,31-33,35-36,38-40,43,45,49,51,55,57,70H,6-7,9,11-13,15,17-18,23-24,29-30,34,37,41-42,44,46-48,50,52-54,56,58-69H2,1-5H3/b10-8-,16-14-,21-19-,22-20-,27-25-,28-26-,33-32-,36-35-,39-38-,40-31-,45-43-,51-49-,57-55-. The van der Waals surface area contributed by atoms with E-state index in [1.807, 2.05) is 21.1 Å². The van der Waals surface area contributed by atoms with Crippen LogP contribution in [-0.2, 0) is 32.7 Å². The van der Waals surface area contributed by atoms with E-state index in [-0.39, 0.29) is 26.1 Å². The Labute approximate surface area is 503 Å². The minimum atomic E-state index is -4.67. The number of quaternary nitrogens is 1. The number of nitrogens with zero attached hydrogens (tertiary/aromatic N) is 1. The largest absolute Gasteiger partial charge is 0.756 e. The van der Waals surface area contributed by atoms with Crippen LogP contribution >= 0.6 is 7.82 Å². The van der Waals surface area contributed by atoms with E-state index in [4.69, 9.17) is 18.5 Å². The highest BCUT2D eigenvalue weighted by molar-refractivity contribution is 7.45. The summed E-state index contributed by atoms with van der Waals surface area (Å²) in [5, 5.41) is 0. The third-order valence-corrected chi connectivity index (χ3v) is 14.0. The van der Waals surface area contributed by atoms with Gasteiger partial charge in [-0.15, -0.1) is 0 Å². The van der Waals surface area contributed by atoms with E-state index in [0.29, 0.717) is 23.9 Å². The minimum Gasteiger partial charge on any atom is -0.756 e. The number of allylic oxidation sites excluding steroid dienone is 26. The number of ether oxygens (including phenoxy) is 2. The number of carbonyl (C=O) groups excluding carboxylic acids is 2. The van der Waals surface area contributed by atoms with Crippen LogP contribution < -0.4 is 4.89 Å². The van der Waals surface area contributed by atoms with Gasteiger partial charge in [0.25, 0.3) is 7.82 Å². The summed E-state index contributed by atoms with van der Waals surface area (Å²) in [7, 11) is 1.11. The maximum absolute atomic E-state index is 12.8. The molecular weight excluding hydrogens is 1040 g/mol. The highest BCUT2D eigenvalue weighted by atomic mass is 31.2. The van der Waals surface area contributed by atoms with Crippen LogP contribution in [-0.4, -0.2) is 70.0 Å². The highest BCUT2D eigenvalue weighted by Gasteiger charge is 2.21. The van der Waals surface area contributed by atoms with Crippen molar-refractivity contribution in [3.63, 3.8) is 0 Å². The maximum atomic E-state index is 12.8. The molecule has 10 heteroatoms. The van der Waals surface area contributed by atoms with E-state index in [1.165, 1.54) is 77.0 Å². The molecule has 0 aliphatic rings. The van der Waals surface area contributed by atoms with Crippen LogP contribution in [0, 0.1) is 0 Å². The number of hydrogen-bond acceptors (Lipinski definition) is 8. The molecule has 9 nitrogen and oxygen atoms in total. The lowest BCUT2D eigenvalue weighted by molar-refractivity contribution is -0.870. The van der Waals surface area contributed by atoms with Crippen molar-refractivity contribution in [2.75, 3.05) is 47.5 Å². The van der Waals surface area contributed by atoms with Gasteiger partial charge in [-0.3, -0.25) is 14.2 Å². The summed E-state index contributed by atoms with van der Waals surface area (Å²) < 4.78 is 34.2. The Morgan fingerprint density at radius 2 is 0.695 bits per heavy atom. The van der Waals surface area contributed by atoms with Crippen LogP contribution in [0.5, 0.6) is 0 Å². The molecule has 0 saturated carbocycles. The third kappa shape index (κ3) is 64.8. The van der Waals surface area contributed by atoms with Crippen LogP contribution in [0.4, 0.5) is 0 Å². The van der Waals surface area contributed by atoms with Crippen molar-refractivity contribution in [1.82, 2.24) is 0 Å². The van der Waals surface area contributed by atoms with E-state index in [1.54, 1.807) is 0 Å². The zero-order chi connectivity index (χ0) is 59.8. The molecular formula is C72H118NO8P. The van der Waals surface area contributed by atoms with Crippen molar-refractivity contribution in [3.8, 4) is 0 Å². The second-order valence-corrected chi connectivity index (χ2v) is 23.4. The summed E-state index contributed by atoms with van der Waals surface area (Å²) in [5.41, 5.74) is 0. The van der Waals surface area contributed by atoms with Crippen molar-refractivity contribution in [2.24, 2.45) is 0 Å². The van der Waals surface area contributed by atoms with Gasteiger partial charge < -0.3 is 27.9 Å². The van der Waals surface area contributed by atoms with Gasteiger partial charge in [-0.1, -0.05) is 249 Å². The highest BCUT2D eigenvalue weighted by Crippen LogP contribution is 2.38. The van der Waals surface area contributed by atoms with E-state index in [2.05, 4.69) is 172 Å². The molecule has 0 aliphatic heterocycles. The second kappa shape index (κ2) is 61.2. The van der Waals surface area contributed by atoms with Crippen molar-refractivity contribution >= 4 is 19.8 Å². The molecule has 0 N–H and O–H groups in total. The van der Waals surface area contributed by atoms with Gasteiger partial charge in [0.2, 0.25) is 0 Å². The quantitative estimate of drug-likeness (QED) is 0.0195. The first kappa shape index (κ1) is 77.6. The van der Waals surface area contributed by atoms with E-state index >= 15 is 0 Å². The molecule has 0 aromatic heterocycles. The smallest absolute Gasteiger partial charge is 0.306 e. The summed E-state index contributed by atoms with van der Waals surface area (Å²) in [5.74, 6) is -0.900. The van der Waals surface area contributed by atoms with Gasteiger partial charge in [-0.25, -0.2) is 0 Å². The van der Waals surface area contributed by atoms with Crippen LogP contribution in [0.15, 0.2) is 158 Å². The predicted molar refractivity (Wildman–Crippen MR) is 350 cm³/mol. The normalized spacial score (nSPS) is 14.3. The van der Waals surface area contributed by atoms with Gasteiger partial charge in [0, 0.05) is 12.8 Å². The molecule has 2 unspecified atom stereocenters. The molecule has 82 heavy (non-hydrogen) atoms. The Kier molecular flexibility index (Phi) is 57.9. The van der Waals surface area contributed by atoms with Crippen molar-refractivity contribution in [1.29, 1.82) is 0 Å². The molecule has 0 radical (unpaired) electrons. The molecule has 0 heterocycles. The van der Waals surface area contributed by atoms with E-state index in [0.717, 1.165) is 116 Å². The Morgan fingerprint density at radius 1 is 0.390 bits per heavy atom. The van der Waals surface area contributed by atoms with Crippen molar-refractivity contribution < 1.29 is 42.1 Å². The molecule has 0 aromatic carbocycles. The van der Waals surface area contributed by atoms with Gasteiger partial charge in [0.15, 0.2) is 6.10 Å². The summed E-state index contributed by atoms with van der Waals surface area (Å²) in [6, 6.07) is 0. The van der Waals surface area contributed by atoms with Crippen molar-refractivity contribution in [2.45, 2.75) is 238 Å². The molecule has 0 amide bonds. The van der Waals surface area contributed by atoms with Gasteiger partial charge in [-0.2, -0.15) is 0 Å². The van der Waals surface area contributed by atoms with Gasteiger partial charge >= 0.3 is 11.9 Å². The van der Waals surface area contributed by atoms with Gasteiger partial charge in [-0.05, 0) is 128 Å². The number of likely N-dealkylation sites (N-methyl/N-ethyl adjacent to an activating group) is 1. The summed E-state index contributed by atoms with van der Waals surface area (Å²) in [6.07, 6.45) is 91.6. The lowest BCUT2D eigenvalue weighted by Gasteiger charge is -2.28. The first-order valence-electron chi connectivity index (χ1n) is 32.2. The number of carbonyl (C=O) groups is 2. The Bertz CT molecular complexity index is 1940. The summed E-state index contributed by atoms with van der Waals surface area (Å²) >= 11 is 0. The molecule has 0 spiro atoms. The lowest BCUT2D eigenvalue weighted by atomic mass is 10.1. The summed E-state index contributed by atoms with van der Waals surface area (Å²) in [4.78, 5) is 38.0. The summed E-state index contributed by atoms with van der Waals surface area (Å²) in [6.45, 7) is 4.04. The van der Waals surface area contributed by atoms with Crippen LogP contribution in [0.2, 0.25) is 0 Å². The fourth-order valence-corrected chi connectivity index (χ4v) is 8.83. The lowest BCUT2D eigenvalue weighted by Crippen LogP contribution is -2.37. The number of rotatable bonds is 57. The fraction of sp³-hybridized carbons (Fsp3) is 0.611. The SMILES string of the molecule is CC/C=C\C/C=C\C/C=C\C/C=C\C/C=C\C/C=C\C/C=C\C/C=C\C/C=C\C/C=C\CCCCC(=O)OC(COC(=O)CCCCCCCCCCCC/C=C\C/C=C\C/C=C\CCCCCCC)COP(=O)([O-])OCC[N+](C)(C)C. The first-order chi connectivity index (χ1) is 40.0. The van der Waals surface area contributed by atoms with Gasteiger partial charge in [0.1, 0.15) is 19.8 Å². The Hall–Kier alpha value is -4.37. The molecule has 2 atom stereocenters. The number of hydrogen-bond donors (Lipinski definition) is 0. The molecule has 464 valence electrons. The molecule has 0 bridgehead atoms. The van der Waals surface area contributed by atoms with Crippen LogP contribution in [0.1, 0.15) is 232 Å². The van der Waals surface area contributed by atoms with E-state index in [9.17, 15) is 19.0 Å². The molecule has 0 fully saturated rings. The molecule has 0 aliphatic carbocycles. The number of phosphoric ester groups is 1. The zero-order valence-corrected chi connectivity index (χ0v) is 53.5. The molecule has 0 rings (SSSR count). The zero-order valence-electron chi connectivity index (χ0n) is 52.6. The minimum absolute atomic E-state index is 0.0492. The molecule has 0 saturated heterocycles. The predicted octanol–water partition coefficient (Wildman–Crippen LogP) is 20.2. The third-order valence-electron chi connectivity index (χ3n) is 13.0. The van der Waals surface area contributed by atoms with Gasteiger partial charge in [0.05, 0.1) is 27.7 Å². The second-order valence-electron chi connectivity index (χ2n) is 22.0. The first-order valence-corrected chi connectivity index (χ1v) is 33.7. The topological polar surface area (TPSA) is 111 Å². The van der Waals surface area contributed by atoms with E-state index < -0.39 is 32.5 Å². The molecule has 0 aromatic rings. The van der Waals surface area contributed by atoms with Crippen LogP contribution in [0.3, 0.4) is 0 Å². The van der Waals surface area contributed by atoms with Crippen molar-refractivity contribution in [3.05, 3.63) is 158 Å². The average Bonchev–Trinajstić information content (AvgIpc) is 3.46. The number of phosphoric acid groups is 1. The Morgan fingerprint density at radius 3 is 1.06 bits per heavy atom.